The first-order valence-electron chi connectivity index (χ1n) is 5.81. The van der Waals surface area contributed by atoms with E-state index in [1.165, 1.54) is 26.3 Å². The van der Waals surface area contributed by atoms with Crippen molar-refractivity contribution in [2.45, 2.75) is 12.8 Å². The van der Waals surface area contributed by atoms with E-state index < -0.39 is 0 Å². The smallest absolute Gasteiger partial charge is 0.244 e. The molecule has 0 atom stereocenters. The molecule has 2 heterocycles. The van der Waals surface area contributed by atoms with Crippen molar-refractivity contribution in [3.05, 3.63) is 6.33 Å². The summed E-state index contributed by atoms with van der Waals surface area (Å²) in [6.45, 7) is 3.81. The highest BCUT2D eigenvalue weighted by atomic mass is 16.5. The van der Waals surface area contributed by atoms with Crippen LogP contribution in [0.3, 0.4) is 0 Å². The number of rotatable bonds is 5. The van der Waals surface area contributed by atoms with Crippen molar-refractivity contribution in [3.63, 3.8) is 0 Å². The highest BCUT2D eigenvalue weighted by molar-refractivity contribution is 5.55. The number of anilines is 1. The first-order chi connectivity index (χ1) is 8.31. The predicted molar refractivity (Wildman–Crippen MR) is 64.2 cm³/mol. The molecule has 1 saturated heterocycles. The van der Waals surface area contributed by atoms with E-state index in [1.54, 1.807) is 0 Å². The van der Waals surface area contributed by atoms with Gasteiger partial charge in [0.2, 0.25) is 11.8 Å². The summed E-state index contributed by atoms with van der Waals surface area (Å²) in [4.78, 5) is 10.3. The summed E-state index contributed by atoms with van der Waals surface area (Å²) in [7, 11) is 1.52. The van der Waals surface area contributed by atoms with Crippen molar-refractivity contribution in [2.24, 2.45) is 0 Å². The van der Waals surface area contributed by atoms with Crippen molar-refractivity contribution in [1.29, 1.82) is 0 Å². The van der Waals surface area contributed by atoms with Gasteiger partial charge in [-0.15, -0.1) is 0 Å². The maximum absolute atomic E-state index is 5.80. The molecule has 0 aromatic carbocycles. The Bertz CT molecular complexity index is 366. The molecule has 1 aromatic heterocycles. The second-order valence-corrected chi connectivity index (χ2v) is 4.00. The molecule has 2 rings (SSSR count). The molecule has 17 heavy (non-hydrogen) atoms. The van der Waals surface area contributed by atoms with Crippen LogP contribution in [0.1, 0.15) is 12.8 Å². The number of nitrogens with two attached hydrogens (primary N) is 1. The fraction of sp³-hybridized carbons (Fsp3) is 0.636. The van der Waals surface area contributed by atoms with Gasteiger partial charge in [-0.05, 0) is 25.9 Å². The van der Waals surface area contributed by atoms with Crippen LogP contribution in [0.4, 0.5) is 5.69 Å². The van der Waals surface area contributed by atoms with Gasteiger partial charge in [0, 0.05) is 6.54 Å². The maximum Gasteiger partial charge on any atom is 0.244 e. The zero-order valence-electron chi connectivity index (χ0n) is 10.1. The van der Waals surface area contributed by atoms with Crippen molar-refractivity contribution in [3.8, 4) is 11.8 Å². The lowest BCUT2D eigenvalue weighted by Gasteiger charge is -2.15. The Morgan fingerprint density at radius 2 is 2.00 bits per heavy atom. The zero-order chi connectivity index (χ0) is 12.1. The van der Waals surface area contributed by atoms with E-state index in [0.717, 1.165) is 19.6 Å². The van der Waals surface area contributed by atoms with Crippen molar-refractivity contribution in [1.82, 2.24) is 14.9 Å². The lowest BCUT2D eigenvalue weighted by atomic mass is 10.4. The second-order valence-electron chi connectivity index (χ2n) is 4.00. The number of aromatic nitrogens is 2. The van der Waals surface area contributed by atoms with Crippen LogP contribution in [0.2, 0.25) is 0 Å². The van der Waals surface area contributed by atoms with E-state index in [4.69, 9.17) is 15.2 Å². The molecule has 0 unspecified atom stereocenters. The molecule has 1 aliphatic heterocycles. The van der Waals surface area contributed by atoms with Crippen LogP contribution in [0, 0.1) is 0 Å². The summed E-state index contributed by atoms with van der Waals surface area (Å²) in [6, 6.07) is 0. The predicted octanol–water partition coefficient (Wildman–Crippen LogP) is 0.542. The number of hydrogen-bond donors (Lipinski definition) is 1. The van der Waals surface area contributed by atoms with Crippen LogP contribution >= 0.6 is 0 Å². The highest BCUT2D eigenvalue weighted by Crippen LogP contribution is 2.25. The first kappa shape index (κ1) is 11.9. The standard InChI is InChI=1S/C11H18N4O2/c1-16-10-9(12)11(14-8-13-10)17-7-6-15-4-2-3-5-15/h8H,2-7,12H2,1H3. The number of methoxy groups -OCH3 is 1. The van der Waals surface area contributed by atoms with Gasteiger partial charge in [-0.2, -0.15) is 9.97 Å². The Balaban J connectivity index is 1.85. The molecule has 94 valence electrons. The van der Waals surface area contributed by atoms with Gasteiger partial charge in [-0.3, -0.25) is 4.90 Å². The molecule has 0 amide bonds. The summed E-state index contributed by atoms with van der Waals surface area (Å²) >= 11 is 0. The summed E-state index contributed by atoms with van der Waals surface area (Å²) in [6.07, 6.45) is 3.95. The largest absolute Gasteiger partial charge is 0.479 e. The molecule has 0 spiro atoms. The van der Waals surface area contributed by atoms with Crippen LogP contribution < -0.4 is 15.2 Å². The van der Waals surface area contributed by atoms with Crippen LogP contribution in [0.5, 0.6) is 11.8 Å². The van der Waals surface area contributed by atoms with Crippen LogP contribution in [-0.4, -0.2) is 48.2 Å². The normalized spacial score (nSPS) is 16.1. The Labute approximate surface area is 101 Å². The molecule has 0 saturated carbocycles. The average Bonchev–Trinajstić information content (AvgIpc) is 2.84. The Morgan fingerprint density at radius 3 is 2.71 bits per heavy atom. The molecule has 6 nitrogen and oxygen atoms in total. The molecular formula is C11H18N4O2. The van der Waals surface area contributed by atoms with Crippen molar-refractivity contribution >= 4 is 5.69 Å². The lowest BCUT2D eigenvalue weighted by Crippen LogP contribution is -2.25. The fourth-order valence-electron chi connectivity index (χ4n) is 1.92. The first-order valence-corrected chi connectivity index (χ1v) is 5.81. The maximum atomic E-state index is 5.80. The van der Waals surface area contributed by atoms with Gasteiger partial charge in [0.1, 0.15) is 12.9 Å². The third kappa shape index (κ3) is 2.97. The van der Waals surface area contributed by atoms with Gasteiger partial charge in [0.15, 0.2) is 5.69 Å². The Morgan fingerprint density at radius 1 is 1.29 bits per heavy atom. The number of hydrogen-bond acceptors (Lipinski definition) is 6. The second kappa shape index (κ2) is 5.67. The van der Waals surface area contributed by atoms with Gasteiger partial charge in [0.25, 0.3) is 0 Å². The summed E-state index contributed by atoms with van der Waals surface area (Å²) in [5.74, 6) is 0.757. The fourth-order valence-corrected chi connectivity index (χ4v) is 1.92. The molecule has 1 aliphatic rings. The van der Waals surface area contributed by atoms with Gasteiger partial charge >= 0.3 is 0 Å². The van der Waals surface area contributed by atoms with Crippen molar-refractivity contribution < 1.29 is 9.47 Å². The summed E-state index contributed by atoms with van der Waals surface area (Å²) in [5.41, 5.74) is 6.16. The molecule has 0 radical (unpaired) electrons. The summed E-state index contributed by atoms with van der Waals surface area (Å²) < 4.78 is 10.5. The molecular weight excluding hydrogens is 220 g/mol. The molecule has 0 bridgehead atoms. The van der Waals surface area contributed by atoms with Crippen LogP contribution in [-0.2, 0) is 0 Å². The zero-order valence-corrected chi connectivity index (χ0v) is 10.1. The summed E-state index contributed by atoms with van der Waals surface area (Å²) in [5, 5.41) is 0. The quantitative estimate of drug-likeness (QED) is 0.807. The minimum Gasteiger partial charge on any atom is -0.479 e. The Hall–Kier alpha value is -1.56. The molecule has 0 aliphatic carbocycles. The molecule has 2 N–H and O–H groups in total. The van der Waals surface area contributed by atoms with E-state index in [2.05, 4.69) is 14.9 Å². The van der Waals surface area contributed by atoms with E-state index in [1.807, 2.05) is 0 Å². The molecule has 1 fully saturated rings. The van der Waals surface area contributed by atoms with Gasteiger partial charge in [-0.1, -0.05) is 0 Å². The third-order valence-electron chi connectivity index (χ3n) is 2.85. The number of nitrogens with zero attached hydrogens (tertiary/aromatic N) is 3. The van der Waals surface area contributed by atoms with Crippen LogP contribution in [0.15, 0.2) is 6.33 Å². The van der Waals surface area contributed by atoms with Gasteiger partial charge in [-0.25, -0.2) is 0 Å². The Kier molecular flexibility index (Phi) is 3.98. The SMILES string of the molecule is COc1ncnc(OCCN2CCCC2)c1N. The van der Waals surface area contributed by atoms with E-state index >= 15 is 0 Å². The minimum absolute atomic E-state index is 0.358. The van der Waals surface area contributed by atoms with Crippen LogP contribution in [0.25, 0.3) is 0 Å². The topological polar surface area (TPSA) is 73.5 Å². The number of ether oxygens (including phenoxy) is 2. The number of nitrogen functional groups attached to an aromatic ring is 1. The van der Waals surface area contributed by atoms with Gasteiger partial charge in [0.05, 0.1) is 7.11 Å². The van der Waals surface area contributed by atoms with E-state index in [0.29, 0.717) is 24.1 Å². The monoisotopic (exact) mass is 238 g/mol. The molecule has 6 heteroatoms. The van der Waals surface area contributed by atoms with Gasteiger partial charge < -0.3 is 15.2 Å². The minimum atomic E-state index is 0.358. The van der Waals surface area contributed by atoms with E-state index in [-0.39, 0.29) is 0 Å². The van der Waals surface area contributed by atoms with E-state index in [9.17, 15) is 0 Å². The third-order valence-corrected chi connectivity index (χ3v) is 2.85. The lowest BCUT2D eigenvalue weighted by molar-refractivity contribution is 0.231. The highest BCUT2D eigenvalue weighted by Gasteiger charge is 2.13. The number of likely N-dealkylation sites (tertiary alicyclic amines) is 1. The molecule has 1 aromatic rings. The average molecular weight is 238 g/mol. The van der Waals surface area contributed by atoms with Crippen molar-refractivity contribution in [2.75, 3.05) is 39.1 Å².